The fraction of sp³-hybridized carbons (Fsp3) is 0.333. The molecule has 1 N–H and O–H groups in total. The van der Waals surface area contributed by atoms with Crippen molar-refractivity contribution in [3.05, 3.63) is 65.7 Å². The summed E-state index contributed by atoms with van der Waals surface area (Å²) in [5, 5.41) is 9.31. The molecule has 2 aromatic carbocycles. The molecule has 132 valence electrons. The van der Waals surface area contributed by atoms with Crippen molar-refractivity contribution >= 4 is 11.8 Å². The van der Waals surface area contributed by atoms with Gasteiger partial charge in [-0.25, -0.2) is 0 Å². The third kappa shape index (κ3) is 7.21. The molecule has 25 heavy (non-hydrogen) atoms. The molecule has 0 saturated carbocycles. The maximum atomic E-state index is 12.2. The Morgan fingerprint density at radius 2 is 1.60 bits per heavy atom. The average Bonchev–Trinajstić information content (AvgIpc) is 2.60. The second kappa shape index (κ2) is 9.62. The highest BCUT2D eigenvalue weighted by Crippen LogP contribution is 2.16. The Morgan fingerprint density at radius 3 is 2.24 bits per heavy atom. The van der Waals surface area contributed by atoms with Crippen LogP contribution in [0.2, 0.25) is 0 Å². The third-order valence-corrected chi connectivity index (χ3v) is 4.01. The number of ketones is 1. The highest BCUT2D eigenvalue weighted by atomic mass is 16.5. The molecule has 0 aliphatic heterocycles. The second-order valence-corrected chi connectivity index (χ2v) is 6.16. The van der Waals surface area contributed by atoms with E-state index in [1.807, 2.05) is 42.5 Å². The van der Waals surface area contributed by atoms with Gasteiger partial charge in [0.1, 0.15) is 17.6 Å². The summed E-state index contributed by atoms with van der Waals surface area (Å²) in [6, 6.07) is 16.8. The largest absolute Gasteiger partial charge is 0.508 e. The van der Waals surface area contributed by atoms with Gasteiger partial charge in [-0.3, -0.25) is 9.59 Å². The van der Waals surface area contributed by atoms with E-state index in [4.69, 9.17) is 4.74 Å². The smallest absolute Gasteiger partial charge is 0.302 e. The lowest BCUT2D eigenvalue weighted by molar-refractivity contribution is -0.147. The van der Waals surface area contributed by atoms with E-state index < -0.39 is 6.10 Å². The monoisotopic (exact) mass is 340 g/mol. The van der Waals surface area contributed by atoms with E-state index in [1.54, 1.807) is 12.1 Å². The predicted octanol–water partition coefficient (Wildman–Crippen LogP) is 3.85. The zero-order chi connectivity index (χ0) is 18.1. The van der Waals surface area contributed by atoms with E-state index in [1.165, 1.54) is 6.92 Å². The first-order chi connectivity index (χ1) is 12.0. The number of esters is 1. The second-order valence-electron chi connectivity index (χ2n) is 6.16. The molecule has 0 aromatic heterocycles. The van der Waals surface area contributed by atoms with Crippen LogP contribution in [-0.2, 0) is 27.2 Å². The van der Waals surface area contributed by atoms with E-state index in [9.17, 15) is 14.7 Å². The number of phenolic OH excluding ortho intramolecular Hbond substituents is 1. The number of carbonyl (C=O) groups excluding carboxylic acids is 2. The SMILES string of the molecule is CC(=O)O[C@H](CCc1ccc(O)cc1)CC(=O)CCc1ccccc1. The Kier molecular flexibility index (Phi) is 7.20. The summed E-state index contributed by atoms with van der Waals surface area (Å²) < 4.78 is 5.31. The Hall–Kier alpha value is -2.62. The highest BCUT2D eigenvalue weighted by molar-refractivity contribution is 5.79. The topological polar surface area (TPSA) is 63.6 Å². The lowest BCUT2D eigenvalue weighted by Crippen LogP contribution is -2.21. The number of hydrogen-bond donors (Lipinski definition) is 1. The van der Waals surface area contributed by atoms with E-state index in [0.29, 0.717) is 25.7 Å². The van der Waals surface area contributed by atoms with Crippen molar-refractivity contribution in [3.63, 3.8) is 0 Å². The van der Waals surface area contributed by atoms with Crippen LogP contribution in [0.3, 0.4) is 0 Å². The van der Waals surface area contributed by atoms with Gasteiger partial charge in [0.2, 0.25) is 0 Å². The van der Waals surface area contributed by atoms with Crippen molar-refractivity contribution in [2.75, 3.05) is 0 Å². The number of phenols is 1. The summed E-state index contributed by atoms with van der Waals surface area (Å²) in [4.78, 5) is 23.5. The van der Waals surface area contributed by atoms with Crippen LogP contribution in [-0.4, -0.2) is 23.0 Å². The molecule has 0 radical (unpaired) electrons. The molecule has 4 nitrogen and oxygen atoms in total. The quantitative estimate of drug-likeness (QED) is 0.704. The molecule has 0 heterocycles. The molecule has 0 aliphatic rings. The number of Topliss-reactive ketones (excluding diaryl/α,β-unsaturated/α-hetero) is 1. The van der Waals surface area contributed by atoms with Crippen LogP contribution in [0.15, 0.2) is 54.6 Å². The number of hydrogen-bond acceptors (Lipinski definition) is 4. The maximum absolute atomic E-state index is 12.2. The first-order valence-electron chi connectivity index (χ1n) is 8.53. The van der Waals surface area contributed by atoms with Crippen LogP contribution >= 0.6 is 0 Å². The van der Waals surface area contributed by atoms with Crippen LogP contribution in [0.5, 0.6) is 5.75 Å². The fourth-order valence-corrected chi connectivity index (χ4v) is 2.71. The van der Waals surface area contributed by atoms with Gasteiger partial charge >= 0.3 is 5.97 Å². The molecule has 0 saturated heterocycles. The zero-order valence-corrected chi connectivity index (χ0v) is 14.5. The summed E-state index contributed by atoms with van der Waals surface area (Å²) in [5.74, 6) is -0.0521. The molecule has 0 spiro atoms. The zero-order valence-electron chi connectivity index (χ0n) is 14.5. The Labute approximate surface area is 148 Å². The van der Waals surface area contributed by atoms with Crippen molar-refractivity contribution in [2.45, 2.75) is 45.1 Å². The standard InChI is InChI=1S/C21H24O4/c1-16(22)25-21(14-10-18-7-11-19(23)12-8-18)15-20(24)13-9-17-5-3-2-4-6-17/h2-8,11-12,21,23H,9-10,13-15H2,1H3/t21-/m1/s1. The van der Waals surface area contributed by atoms with Gasteiger partial charge in [-0.05, 0) is 42.5 Å². The Bertz CT molecular complexity index is 677. The minimum Gasteiger partial charge on any atom is -0.508 e. The van der Waals surface area contributed by atoms with E-state index in [-0.39, 0.29) is 23.9 Å². The fourth-order valence-electron chi connectivity index (χ4n) is 2.71. The molecule has 1 atom stereocenters. The summed E-state index contributed by atoms with van der Waals surface area (Å²) >= 11 is 0. The third-order valence-electron chi connectivity index (χ3n) is 4.01. The molecule has 0 bridgehead atoms. The molecular weight excluding hydrogens is 316 g/mol. The number of aromatic hydroxyl groups is 1. The Morgan fingerprint density at radius 1 is 0.960 bits per heavy atom. The van der Waals surface area contributed by atoms with Gasteiger partial charge in [0.25, 0.3) is 0 Å². The maximum Gasteiger partial charge on any atom is 0.302 e. The van der Waals surface area contributed by atoms with E-state index in [0.717, 1.165) is 11.1 Å². The summed E-state index contributed by atoms with van der Waals surface area (Å²) in [5.41, 5.74) is 2.16. The van der Waals surface area contributed by atoms with Crippen molar-refractivity contribution in [3.8, 4) is 5.75 Å². The van der Waals surface area contributed by atoms with Gasteiger partial charge in [-0.1, -0.05) is 42.5 Å². The van der Waals surface area contributed by atoms with Crippen LogP contribution in [0.25, 0.3) is 0 Å². The number of aryl methyl sites for hydroxylation is 2. The average molecular weight is 340 g/mol. The molecule has 0 unspecified atom stereocenters. The highest BCUT2D eigenvalue weighted by Gasteiger charge is 2.17. The first kappa shape index (κ1) is 18.7. The van der Waals surface area contributed by atoms with Crippen molar-refractivity contribution in [1.29, 1.82) is 0 Å². The van der Waals surface area contributed by atoms with Crippen LogP contribution in [0.1, 0.15) is 37.3 Å². The van der Waals surface area contributed by atoms with Crippen molar-refractivity contribution < 1.29 is 19.4 Å². The molecule has 0 aliphatic carbocycles. The Balaban J connectivity index is 1.84. The van der Waals surface area contributed by atoms with Gasteiger partial charge in [-0.2, -0.15) is 0 Å². The summed E-state index contributed by atoms with van der Waals surface area (Å²) in [6.07, 6.45) is 2.25. The molecule has 4 heteroatoms. The first-order valence-corrected chi connectivity index (χ1v) is 8.53. The number of ether oxygens (including phenoxy) is 1. The van der Waals surface area contributed by atoms with Gasteiger partial charge in [0.15, 0.2) is 0 Å². The molecule has 0 amide bonds. The number of carbonyl (C=O) groups is 2. The lowest BCUT2D eigenvalue weighted by Gasteiger charge is -2.16. The van der Waals surface area contributed by atoms with Crippen LogP contribution in [0.4, 0.5) is 0 Å². The van der Waals surface area contributed by atoms with Crippen LogP contribution < -0.4 is 0 Å². The number of rotatable bonds is 9. The minimum absolute atomic E-state index is 0.0980. The normalized spacial score (nSPS) is 11.7. The van der Waals surface area contributed by atoms with Gasteiger partial charge in [-0.15, -0.1) is 0 Å². The molecule has 0 fully saturated rings. The molecule has 2 rings (SSSR count). The lowest BCUT2D eigenvalue weighted by atomic mass is 10.00. The van der Waals surface area contributed by atoms with Gasteiger partial charge in [0.05, 0.1) is 0 Å². The van der Waals surface area contributed by atoms with E-state index >= 15 is 0 Å². The van der Waals surface area contributed by atoms with E-state index in [2.05, 4.69) is 0 Å². The van der Waals surface area contributed by atoms with Crippen molar-refractivity contribution in [2.24, 2.45) is 0 Å². The number of benzene rings is 2. The van der Waals surface area contributed by atoms with Crippen molar-refractivity contribution in [1.82, 2.24) is 0 Å². The molecule has 2 aromatic rings. The van der Waals surface area contributed by atoms with Crippen LogP contribution in [0, 0.1) is 0 Å². The predicted molar refractivity (Wildman–Crippen MR) is 96.4 cm³/mol. The van der Waals surface area contributed by atoms with Gasteiger partial charge in [0, 0.05) is 19.8 Å². The summed E-state index contributed by atoms with van der Waals surface area (Å²) in [7, 11) is 0. The summed E-state index contributed by atoms with van der Waals surface area (Å²) in [6.45, 7) is 1.36. The molecular formula is C21H24O4. The van der Waals surface area contributed by atoms with Gasteiger partial charge < -0.3 is 9.84 Å². The minimum atomic E-state index is -0.408.